The van der Waals surface area contributed by atoms with Crippen LogP contribution in [0.15, 0.2) is 30.3 Å². The SMILES string of the molecule is CCc1cc(CNc2ccc(C(C)(C)C)cc2)n(CC)n1. The summed E-state index contributed by atoms with van der Waals surface area (Å²) in [6, 6.07) is 10.9. The van der Waals surface area contributed by atoms with Gasteiger partial charge in [-0.15, -0.1) is 0 Å². The Morgan fingerprint density at radius 2 is 1.76 bits per heavy atom. The number of aromatic nitrogens is 2. The van der Waals surface area contributed by atoms with Gasteiger partial charge in [0.05, 0.1) is 17.9 Å². The highest BCUT2D eigenvalue weighted by atomic mass is 15.3. The Balaban J connectivity index is 2.04. The summed E-state index contributed by atoms with van der Waals surface area (Å²) in [6.45, 7) is 12.7. The summed E-state index contributed by atoms with van der Waals surface area (Å²) in [5.74, 6) is 0. The fourth-order valence-electron chi connectivity index (χ4n) is 2.38. The minimum Gasteiger partial charge on any atom is -0.379 e. The molecule has 3 nitrogen and oxygen atoms in total. The Labute approximate surface area is 128 Å². The second-order valence-corrected chi connectivity index (χ2v) is 6.48. The van der Waals surface area contributed by atoms with E-state index < -0.39 is 0 Å². The summed E-state index contributed by atoms with van der Waals surface area (Å²) in [6.07, 6.45) is 0.986. The molecule has 0 radical (unpaired) electrons. The van der Waals surface area contributed by atoms with E-state index in [-0.39, 0.29) is 5.41 Å². The van der Waals surface area contributed by atoms with Crippen molar-refractivity contribution in [3.8, 4) is 0 Å². The van der Waals surface area contributed by atoms with Crippen molar-refractivity contribution in [2.45, 2.75) is 59.5 Å². The smallest absolute Gasteiger partial charge is 0.0625 e. The second-order valence-electron chi connectivity index (χ2n) is 6.48. The van der Waals surface area contributed by atoms with Gasteiger partial charge in [-0.3, -0.25) is 4.68 Å². The third-order valence-electron chi connectivity index (χ3n) is 3.80. The topological polar surface area (TPSA) is 29.9 Å². The molecule has 114 valence electrons. The minimum absolute atomic E-state index is 0.204. The third-order valence-corrected chi connectivity index (χ3v) is 3.80. The lowest BCUT2D eigenvalue weighted by atomic mass is 9.87. The molecule has 0 fully saturated rings. The molecule has 1 heterocycles. The first kappa shape index (κ1) is 15.6. The summed E-state index contributed by atoms with van der Waals surface area (Å²) in [4.78, 5) is 0. The molecule has 0 saturated heterocycles. The van der Waals surface area contributed by atoms with E-state index in [2.05, 4.69) is 80.0 Å². The monoisotopic (exact) mass is 285 g/mol. The predicted octanol–water partition coefficient (Wildman–Crippen LogP) is 4.38. The van der Waals surface area contributed by atoms with Crippen molar-refractivity contribution in [3.63, 3.8) is 0 Å². The molecule has 21 heavy (non-hydrogen) atoms. The summed E-state index contributed by atoms with van der Waals surface area (Å²) in [7, 11) is 0. The molecule has 3 heteroatoms. The predicted molar refractivity (Wildman–Crippen MR) is 89.7 cm³/mol. The Hall–Kier alpha value is -1.77. The van der Waals surface area contributed by atoms with Crippen LogP contribution < -0.4 is 5.32 Å². The van der Waals surface area contributed by atoms with Crippen LogP contribution >= 0.6 is 0 Å². The van der Waals surface area contributed by atoms with E-state index >= 15 is 0 Å². The molecule has 0 bridgehead atoms. The number of anilines is 1. The normalized spacial score (nSPS) is 11.7. The molecule has 0 atom stereocenters. The molecular weight excluding hydrogens is 258 g/mol. The molecule has 0 unspecified atom stereocenters. The molecule has 1 N–H and O–H groups in total. The van der Waals surface area contributed by atoms with Crippen molar-refractivity contribution in [1.29, 1.82) is 0 Å². The lowest BCUT2D eigenvalue weighted by Gasteiger charge is -2.19. The van der Waals surface area contributed by atoms with Crippen LogP contribution in [0.5, 0.6) is 0 Å². The van der Waals surface area contributed by atoms with Crippen molar-refractivity contribution in [3.05, 3.63) is 47.3 Å². The third kappa shape index (κ3) is 3.87. The summed E-state index contributed by atoms with van der Waals surface area (Å²) in [5, 5.41) is 8.07. The van der Waals surface area contributed by atoms with Crippen LogP contribution in [-0.2, 0) is 24.9 Å². The van der Waals surface area contributed by atoms with E-state index in [0.29, 0.717) is 0 Å². The quantitative estimate of drug-likeness (QED) is 0.883. The van der Waals surface area contributed by atoms with Crippen molar-refractivity contribution in [2.24, 2.45) is 0 Å². The molecule has 2 rings (SSSR count). The van der Waals surface area contributed by atoms with Gasteiger partial charge < -0.3 is 5.32 Å². The maximum absolute atomic E-state index is 4.58. The van der Waals surface area contributed by atoms with Crippen LogP contribution in [-0.4, -0.2) is 9.78 Å². The fraction of sp³-hybridized carbons (Fsp3) is 0.500. The molecule has 0 amide bonds. The molecule has 0 spiro atoms. The fourth-order valence-corrected chi connectivity index (χ4v) is 2.38. The maximum Gasteiger partial charge on any atom is 0.0625 e. The second kappa shape index (κ2) is 6.33. The van der Waals surface area contributed by atoms with Crippen LogP contribution in [0.25, 0.3) is 0 Å². The standard InChI is InChI=1S/C18H27N3/c1-6-15-12-17(21(7-2)20-15)13-19-16-10-8-14(9-11-16)18(3,4)5/h8-12,19H,6-7,13H2,1-5H3. The van der Waals surface area contributed by atoms with Gasteiger partial charge in [0.1, 0.15) is 0 Å². The van der Waals surface area contributed by atoms with Crippen molar-refractivity contribution < 1.29 is 0 Å². The Kier molecular flexibility index (Phi) is 4.71. The van der Waals surface area contributed by atoms with E-state index in [0.717, 1.165) is 30.9 Å². The van der Waals surface area contributed by atoms with Crippen molar-refractivity contribution in [2.75, 3.05) is 5.32 Å². The van der Waals surface area contributed by atoms with Gasteiger partial charge in [-0.1, -0.05) is 39.8 Å². The number of nitrogens with zero attached hydrogens (tertiary/aromatic N) is 2. The highest BCUT2D eigenvalue weighted by Crippen LogP contribution is 2.23. The maximum atomic E-state index is 4.58. The first-order chi connectivity index (χ1) is 9.94. The summed E-state index contributed by atoms with van der Waals surface area (Å²) in [5.41, 5.74) is 5.13. The lowest BCUT2D eigenvalue weighted by Crippen LogP contribution is -2.11. The van der Waals surface area contributed by atoms with Gasteiger partial charge in [0.25, 0.3) is 0 Å². The van der Waals surface area contributed by atoms with Gasteiger partial charge in [0, 0.05) is 12.2 Å². The van der Waals surface area contributed by atoms with Gasteiger partial charge in [0.15, 0.2) is 0 Å². The highest BCUT2D eigenvalue weighted by molar-refractivity contribution is 5.46. The van der Waals surface area contributed by atoms with E-state index in [9.17, 15) is 0 Å². The van der Waals surface area contributed by atoms with Gasteiger partial charge >= 0.3 is 0 Å². The summed E-state index contributed by atoms with van der Waals surface area (Å²) >= 11 is 0. The van der Waals surface area contributed by atoms with Crippen LogP contribution in [0.3, 0.4) is 0 Å². The zero-order valence-electron chi connectivity index (χ0n) is 13.9. The average molecular weight is 285 g/mol. The van der Waals surface area contributed by atoms with Gasteiger partial charge in [-0.2, -0.15) is 5.10 Å². The minimum atomic E-state index is 0.204. The molecule has 0 aliphatic rings. The van der Waals surface area contributed by atoms with Crippen LogP contribution in [0, 0.1) is 0 Å². The highest BCUT2D eigenvalue weighted by Gasteiger charge is 2.12. The van der Waals surface area contributed by atoms with Crippen molar-refractivity contribution >= 4 is 5.69 Å². The zero-order valence-corrected chi connectivity index (χ0v) is 13.9. The van der Waals surface area contributed by atoms with Crippen LogP contribution in [0.1, 0.15) is 51.6 Å². The number of nitrogens with one attached hydrogen (secondary N) is 1. The van der Waals surface area contributed by atoms with Gasteiger partial charge in [-0.05, 0) is 42.5 Å². The van der Waals surface area contributed by atoms with Gasteiger partial charge in [-0.25, -0.2) is 0 Å². The number of aryl methyl sites for hydroxylation is 2. The first-order valence-electron chi connectivity index (χ1n) is 7.84. The number of rotatable bonds is 5. The van der Waals surface area contributed by atoms with Crippen molar-refractivity contribution in [1.82, 2.24) is 9.78 Å². The Morgan fingerprint density at radius 1 is 1.10 bits per heavy atom. The zero-order chi connectivity index (χ0) is 15.5. The first-order valence-corrected chi connectivity index (χ1v) is 7.84. The Bertz CT molecular complexity index is 574. The molecule has 2 aromatic rings. The Morgan fingerprint density at radius 3 is 2.29 bits per heavy atom. The average Bonchev–Trinajstić information content (AvgIpc) is 2.87. The van der Waals surface area contributed by atoms with Gasteiger partial charge in [0.2, 0.25) is 0 Å². The van der Waals surface area contributed by atoms with Crippen LogP contribution in [0.2, 0.25) is 0 Å². The molecule has 0 aliphatic carbocycles. The lowest BCUT2D eigenvalue weighted by molar-refractivity contribution is 0.590. The molecule has 0 aliphatic heterocycles. The van der Waals surface area contributed by atoms with Crippen LogP contribution in [0.4, 0.5) is 5.69 Å². The molecule has 1 aromatic carbocycles. The number of benzene rings is 1. The van der Waals surface area contributed by atoms with E-state index in [1.54, 1.807) is 0 Å². The largest absolute Gasteiger partial charge is 0.379 e. The number of hydrogen-bond donors (Lipinski definition) is 1. The summed E-state index contributed by atoms with van der Waals surface area (Å²) < 4.78 is 2.08. The van der Waals surface area contributed by atoms with E-state index in [4.69, 9.17) is 0 Å². The molecular formula is C18H27N3. The molecule has 1 aromatic heterocycles. The van der Waals surface area contributed by atoms with E-state index in [1.165, 1.54) is 11.3 Å². The number of hydrogen-bond acceptors (Lipinski definition) is 2. The van der Waals surface area contributed by atoms with E-state index in [1.807, 2.05) is 0 Å². The molecule has 0 saturated carbocycles.